The van der Waals surface area contributed by atoms with E-state index in [0.29, 0.717) is 19.7 Å². The lowest BCUT2D eigenvalue weighted by atomic mass is 10.2. The Morgan fingerprint density at radius 3 is 2.13 bits per heavy atom. The quantitative estimate of drug-likeness (QED) is 0.798. The molecule has 0 aliphatic heterocycles. The monoisotopic (exact) mass is 317 g/mol. The summed E-state index contributed by atoms with van der Waals surface area (Å²) in [6, 6.07) is 19.4. The van der Waals surface area contributed by atoms with Crippen molar-refractivity contribution in [3.05, 3.63) is 71.8 Å². The van der Waals surface area contributed by atoms with Gasteiger partial charge in [0.2, 0.25) is 0 Å². The van der Waals surface area contributed by atoms with Crippen molar-refractivity contribution < 1.29 is 13.5 Å². The van der Waals surface area contributed by atoms with E-state index < -0.39 is 17.8 Å². The van der Waals surface area contributed by atoms with Gasteiger partial charge in [0.25, 0.3) is 5.92 Å². The summed E-state index contributed by atoms with van der Waals surface area (Å²) >= 11 is 0. The molecule has 23 heavy (non-hydrogen) atoms. The second-order valence-electron chi connectivity index (χ2n) is 6.00. The maximum atomic E-state index is 13.8. The molecule has 1 saturated carbocycles. The molecule has 1 N–H and O–H groups in total. The molecule has 2 nitrogen and oxygen atoms in total. The molecular weight excluding hydrogens is 296 g/mol. The van der Waals surface area contributed by atoms with Crippen LogP contribution in [0.3, 0.4) is 0 Å². The van der Waals surface area contributed by atoms with Gasteiger partial charge in [-0.25, -0.2) is 8.78 Å². The van der Waals surface area contributed by atoms with Crippen LogP contribution in [0.4, 0.5) is 8.78 Å². The summed E-state index contributed by atoms with van der Waals surface area (Å²) in [6.07, 6.45) is 0. The third-order valence-corrected chi connectivity index (χ3v) is 4.31. The Labute approximate surface area is 135 Å². The van der Waals surface area contributed by atoms with Crippen LogP contribution in [-0.4, -0.2) is 19.1 Å². The van der Waals surface area contributed by atoms with Gasteiger partial charge in [0.1, 0.15) is 0 Å². The van der Waals surface area contributed by atoms with Crippen molar-refractivity contribution in [3.8, 4) is 0 Å². The maximum absolute atomic E-state index is 13.8. The summed E-state index contributed by atoms with van der Waals surface area (Å²) in [5, 5.41) is 3.12. The first-order valence-electron chi connectivity index (χ1n) is 7.92. The number of nitrogens with one attached hydrogen (secondary N) is 1. The van der Waals surface area contributed by atoms with Crippen LogP contribution in [0.5, 0.6) is 0 Å². The first-order chi connectivity index (χ1) is 11.2. The second kappa shape index (κ2) is 7.20. The Morgan fingerprint density at radius 2 is 1.48 bits per heavy atom. The molecule has 1 aliphatic carbocycles. The van der Waals surface area contributed by atoms with E-state index in [1.807, 2.05) is 60.7 Å². The van der Waals surface area contributed by atoms with Gasteiger partial charge in [-0.15, -0.1) is 0 Å². The molecular formula is C19H21F2NO. The Balaban J connectivity index is 1.39. The highest BCUT2D eigenvalue weighted by atomic mass is 19.3. The predicted molar refractivity (Wildman–Crippen MR) is 86.2 cm³/mol. The van der Waals surface area contributed by atoms with Crippen LogP contribution in [0.15, 0.2) is 60.7 Å². The molecule has 1 aliphatic rings. The number of ether oxygens (including phenoxy) is 1. The van der Waals surface area contributed by atoms with Crippen LogP contribution in [0.2, 0.25) is 0 Å². The number of halogens is 2. The minimum absolute atomic E-state index is 0.111. The maximum Gasteiger partial charge on any atom is 0.258 e. The van der Waals surface area contributed by atoms with Gasteiger partial charge < -0.3 is 10.1 Å². The number of hydrogen-bond acceptors (Lipinski definition) is 2. The predicted octanol–water partition coefficient (Wildman–Crippen LogP) is 3.87. The number of alkyl halides is 2. The molecule has 2 atom stereocenters. The van der Waals surface area contributed by atoms with Crippen LogP contribution in [0, 0.1) is 11.8 Å². The molecule has 3 rings (SSSR count). The normalized spacial score (nSPS) is 22.0. The third-order valence-electron chi connectivity index (χ3n) is 4.31. The van der Waals surface area contributed by atoms with Crippen LogP contribution in [0.1, 0.15) is 11.1 Å². The third kappa shape index (κ3) is 4.15. The lowest BCUT2D eigenvalue weighted by Gasteiger charge is -2.04. The Hall–Kier alpha value is -1.78. The summed E-state index contributed by atoms with van der Waals surface area (Å²) in [6.45, 7) is 1.43. The van der Waals surface area contributed by atoms with E-state index in [0.717, 1.165) is 11.1 Å². The van der Waals surface area contributed by atoms with E-state index in [9.17, 15) is 8.78 Å². The lowest BCUT2D eigenvalue weighted by molar-refractivity contribution is 0.0460. The zero-order valence-corrected chi connectivity index (χ0v) is 12.9. The van der Waals surface area contributed by atoms with Crippen molar-refractivity contribution in [3.63, 3.8) is 0 Å². The molecule has 0 amide bonds. The SMILES string of the molecule is FC1(F)[C@H](CNCc2ccccc2)[C@H]1COCc1ccccc1. The molecule has 122 valence electrons. The average molecular weight is 317 g/mol. The first-order valence-corrected chi connectivity index (χ1v) is 7.92. The van der Waals surface area contributed by atoms with Crippen LogP contribution < -0.4 is 5.32 Å². The van der Waals surface area contributed by atoms with Gasteiger partial charge in [0.05, 0.1) is 19.1 Å². The fourth-order valence-electron chi connectivity index (χ4n) is 2.81. The number of rotatable bonds is 8. The summed E-state index contributed by atoms with van der Waals surface area (Å²) in [4.78, 5) is 0. The van der Waals surface area contributed by atoms with Gasteiger partial charge in [0, 0.05) is 19.0 Å². The molecule has 1 fully saturated rings. The van der Waals surface area contributed by atoms with Crippen molar-refractivity contribution in [2.75, 3.05) is 13.2 Å². The average Bonchev–Trinajstić information content (AvgIpc) is 3.09. The minimum atomic E-state index is -2.61. The zero-order chi connectivity index (χ0) is 16.1. The molecule has 0 unspecified atom stereocenters. The summed E-state index contributed by atoms with van der Waals surface area (Å²) in [5.74, 6) is -3.91. The largest absolute Gasteiger partial charge is 0.376 e. The second-order valence-corrected chi connectivity index (χ2v) is 6.00. The summed E-state index contributed by atoms with van der Waals surface area (Å²) < 4.78 is 33.1. The van der Waals surface area contributed by atoms with E-state index in [1.54, 1.807) is 0 Å². The molecule has 0 bridgehead atoms. The van der Waals surface area contributed by atoms with Gasteiger partial charge in [-0.1, -0.05) is 60.7 Å². The standard InChI is InChI=1S/C19H21F2NO/c20-19(21)17(12-22-11-15-7-3-1-4-8-15)18(19)14-23-13-16-9-5-2-6-10-16/h1-10,17-18,22H,11-14H2/t17-,18-/m1/s1. The van der Waals surface area contributed by atoms with Crippen LogP contribution >= 0.6 is 0 Å². The first kappa shape index (κ1) is 16.1. The van der Waals surface area contributed by atoms with Gasteiger partial charge in [-0.2, -0.15) is 0 Å². The molecule has 0 spiro atoms. The van der Waals surface area contributed by atoms with Gasteiger partial charge >= 0.3 is 0 Å². The van der Waals surface area contributed by atoms with E-state index >= 15 is 0 Å². The van der Waals surface area contributed by atoms with E-state index in [-0.39, 0.29) is 6.61 Å². The van der Waals surface area contributed by atoms with Crippen molar-refractivity contribution in [2.45, 2.75) is 19.1 Å². The van der Waals surface area contributed by atoms with Crippen molar-refractivity contribution in [1.29, 1.82) is 0 Å². The molecule has 0 aromatic heterocycles. The molecule has 0 heterocycles. The molecule has 4 heteroatoms. The molecule has 2 aromatic rings. The van der Waals surface area contributed by atoms with Gasteiger partial charge in [-0.05, 0) is 11.1 Å². The highest BCUT2D eigenvalue weighted by molar-refractivity contribution is 5.15. The lowest BCUT2D eigenvalue weighted by Crippen LogP contribution is -2.18. The Kier molecular flexibility index (Phi) is 5.03. The van der Waals surface area contributed by atoms with E-state index in [2.05, 4.69) is 5.32 Å². The van der Waals surface area contributed by atoms with Crippen molar-refractivity contribution in [1.82, 2.24) is 5.32 Å². The molecule has 0 radical (unpaired) electrons. The van der Waals surface area contributed by atoms with Gasteiger partial charge in [-0.3, -0.25) is 0 Å². The van der Waals surface area contributed by atoms with Crippen LogP contribution in [-0.2, 0) is 17.9 Å². The summed E-state index contributed by atoms with van der Waals surface area (Å²) in [5.41, 5.74) is 2.11. The Bertz CT molecular complexity index is 550. The highest BCUT2D eigenvalue weighted by Crippen LogP contribution is 2.54. The summed E-state index contributed by atoms with van der Waals surface area (Å²) in [7, 11) is 0. The van der Waals surface area contributed by atoms with Crippen LogP contribution in [0.25, 0.3) is 0 Å². The fraction of sp³-hybridized carbons (Fsp3) is 0.368. The number of hydrogen-bond donors (Lipinski definition) is 1. The topological polar surface area (TPSA) is 21.3 Å². The van der Waals surface area contributed by atoms with Gasteiger partial charge in [0.15, 0.2) is 0 Å². The Morgan fingerprint density at radius 1 is 0.870 bits per heavy atom. The number of benzene rings is 2. The zero-order valence-electron chi connectivity index (χ0n) is 12.9. The molecule has 2 aromatic carbocycles. The minimum Gasteiger partial charge on any atom is -0.376 e. The van der Waals surface area contributed by atoms with Crippen molar-refractivity contribution in [2.24, 2.45) is 11.8 Å². The van der Waals surface area contributed by atoms with Crippen molar-refractivity contribution >= 4 is 0 Å². The molecule has 0 saturated heterocycles. The fourth-order valence-corrected chi connectivity index (χ4v) is 2.81. The van der Waals surface area contributed by atoms with E-state index in [1.165, 1.54) is 0 Å². The highest BCUT2D eigenvalue weighted by Gasteiger charge is 2.67. The smallest absolute Gasteiger partial charge is 0.258 e. The van der Waals surface area contributed by atoms with E-state index in [4.69, 9.17) is 4.74 Å².